The predicted molar refractivity (Wildman–Crippen MR) is 142 cm³/mol. The molecule has 3 N–H and O–H groups in total. The Morgan fingerprint density at radius 2 is 1.72 bits per heavy atom. The summed E-state index contributed by atoms with van der Waals surface area (Å²) in [4.78, 5) is 39.5. The van der Waals surface area contributed by atoms with Crippen LogP contribution in [-0.4, -0.2) is 35.9 Å². The number of fused-ring (bicyclic) bond motifs is 10. The van der Waals surface area contributed by atoms with E-state index < -0.39 is 30.0 Å². The van der Waals surface area contributed by atoms with Crippen LogP contribution < -0.4 is 20.7 Å². The maximum absolute atomic E-state index is 13.6. The van der Waals surface area contributed by atoms with Crippen LogP contribution in [0.15, 0.2) is 66.9 Å². The van der Waals surface area contributed by atoms with E-state index in [1.807, 2.05) is 70.2 Å². The summed E-state index contributed by atoms with van der Waals surface area (Å²) in [7, 11) is 0. The second-order valence-corrected chi connectivity index (χ2v) is 9.34. The van der Waals surface area contributed by atoms with Gasteiger partial charge in [-0.2, -0.15) is 0 Å². The number of rotatable bonds is 6. The Hall–Kier alpha value is -3.87. The van der Waals surface area contributed by atoms with Gasteiger partial charge in [0.1, 0.15) is 23.9 Å². The SMILES string of the molecule is CCC(C)C1NC(=O)C(NC(=O)/C=C/c2ccccc2)C(C(C)C)Oc2ccc(cc2)/C=C/NC1=O. The van der Waals surface area contributed by atoms with Gasteiger partial charge in [0.15, 0.2) is 0 Å². The van der Waals surface area contributed by atoms with Gasteiger partial charge in [-0.3, -0.25) is 14.4 Å². The predicted octanol–water partition coefficient (Wildman–Crippen LogP) is 3.92. The Morgan fingerprint density at radius 1 is 1.03 bits per heavy atom. The molecule has 0 aromatic heterocycles. The number of hydrogen-bond donors (Lipinski definition) is 3. The van der Waals surface area contributed by atoms with Crippen LogP contribution in [0.3, 0.4) is 0 Å². The number of ether oxygens (including phenoxy) is 1. The largest absolute Gasteiger partial charge is 0.487 e. The van der Waals surface area contributed by atoms with Crippen LogP contribution in [0.25, 0.3) is 12.2 Å². The lowest BCUT2D eigenvalue weighted by Gasteiger charge is -2.32. The number of carbonyl (C=O) groups excluding carboxylic acids is 3. The number of hydrogen-bond acceptors (Lipinski definition) is 4. The summed E-state index contributed by atoms with van der Waals surface area (Å²) in [5.74, 6) is -0.898. The van der Waals surface area contributed by atoms with Gasteiger partial charge < -0.3 is 20.7 Å². The van der Waals surface area contributed by atoms with Crippen molar-refractivity contribution in [3.05, 3.63) is 78.0 Å². The average molecular weight is 490 g/mol. The Bertz CT molecular complexity index is 1090. The van der Waals surface area contributed by atoms with Crippen LogP contribution in [0.5, 0.6) is 5.75 Å². The van der Waals surface area contributed by atoms with Crippen molar-refractivity contribution >= 4 is 29.9 Å². The van der Waals surface area contributed by atoms with Gasteiger partial charge in [0, 0.05) is 12.3 Å². The zero-order chi connectivity index (χ0) is 26.1. The third-order valence-corrected chi connectivity index (χ3v) is 6.24. The molecule has 4 rings (SSSR count). The highest BCUT2D eigenvalue weighted by molar-refractivity contribution is 5.97. The van der Waals surface area contributed by atoms with Crippen LogP contribution in [0.4, 0.5) is 0 Å². The first-order valence-electron chi connectivity index (χ1n) is 12.4. The zero-order valence-corrected chi connectivity index (χ0v) is 21.2. The van der Waals surface area contributed by atoms with Crippen LogP contribution >= 0.6 is 0 Å². The van der Waals surface area contributed by atoms with Gasteiger partial charge in [0.2, 0.25) is 17.7 Å². The quantitative estimate of drug-likeness (QED) is 0.536. The molecule has 36 heavy (non-hydrogen) atoms. The van der Waals surface area contributed by atoms with Gasteiger partial charge in [-0.05, 0) is 47.2 Å². The molecule has 2 aromatic carbocycles. The molecule has 0 saturated carbocycles. The summed E-state index contributed by atoms with van der Waals surface area (Å²) < 4.78 is 6.24. The average Bonchev–Trinajstić information content (AvgIpc) is 2.88. The third kappa shape index (κ3) is 7.31. The summed E-state index contributed by atoms with van der Waals surface area (Å²) in [5.41, 5.74) is 1.75. The van der Waals surface area contributed by atoms with Crippen LogP contribution in [0.1, 0.15) is 45.2 Å². The van der Waals surface area contributed by atoms with Gasteiger partial charge in [-0.25, -0.2) is 0 Å². The second-order valence-electron chi connectivity index (χ2n) is 9.34. The highest BCUT2D eigenvalue weighted by Crippen LogP contribution is 2.21. The number of amides is 3. The molecular formula is C29H35N3O4. The molecule has 7 nitrogen and oxygen atoms in total. The van der Waals surface area contributed by atoms with E-state index in [4.69, 9.17) is 4.74 Å². The van der Waals surface area contributed by atoms with Crippen molar-refractivity contribution < 1.29 is 19.1 Å². The third-order valence-electron chi connectivity index (χ3n) is 6.24. The van der Waals surface area contributed by atoms with Crippen LogP contribution in [-0.2, 0) is 14.4 Å². The molecule has 4 atom stereocenters. The standard InChI is InChI=1S/C29H35N3O4/c1-5-20(4)25-28(34)30-18-17-22-11-14-23(15-12-22)36-27(19(2)3)26(29(35)32-25)31-24(33)16-13-21-9-7-6-8-10-21/h6-20,25-27H,5H2,1-4H3,(H,30,34)(H,31,33)(H,32,35)/b16-13+,18-17+. The van der Waals surface area contributed by atoms with E-state index in [9.17, 15) is 14.4 Å². The Balaban J connectivity index is 1.96. The lowest BCUT2D eigenvalue weighted by molar-refractivity contribution is -0.134. The van der Waals surface area contributed by atoms with Crippen molar-refractivity contribution in [1.82, 2.24) is 16.0 Å². The first kappa shape index (κ1) is 26.7. The number of benzene rings is 2. The molecule has 3 amide bonds. The van der Waals surface area contributed by atoms with Crippen molar-refractivity contribution in [2.75, 3.05) is 0 Å². The van der Waals surface area contributed by atoms with Crippen molar-refractivity contribution in [2.24, 2.45) is 11.8 Å². The molecule has 0 radical (unpaired) electrons. The van der Waals surface area contributed by atoms with Gasteiger partial charge >= 0.3 is 0 Å². The van der Waals surface area contributed by atoms with Crippen LogP contribution in [0, 0.1) is 11.8 Å². The molecule has 2 aliphatic heterocycles. The lowest BCUT2D eigenvalue weighted by Crippen LogP contribution is -2.60. The fourth-order valence-corrected chi connectivity index (χ4v) is 3.89. The smallest absolute Gasteiger partial charge is 0.247 e. The minimum atomic E-state index is -1.03. The molecule has 2 bridgehead atoms. The molecule has 190 valence electrons. The fourth-order valence-electron chi connectivity index (χ4n) is 3.89. The minimum Gasteiger partial charge on any atom is -0.487 e. The zero-order valence-electron chi connectivity index (χ0n) is 21.2. The van der Waals surface area contributed by atoms with Crippen molar-refractivity contribution in [1.29, 1.82) is 0 Å². The highest BCUT2D eigenvalue weighted by Gasteiger charge is 2.36. The molecule has 0 fully saturated rings. The molecule has 0 spiro atoms. The van der Waals surface area contributed by atoms with E-state index in [2.05, 4.69) is 16.0 Å². The van der Waals surface area contributed by atoms with Crippen molar-refractivity contribution in [3.63, 3.8) is 0 Å². The molecule has 7 heteroatoms. The molecule has 0 aliphatic carbocycles. The summed E-state index contributed by atoms with van der Waals surface area (Å²) in [6.07, 6.45) is 6.43. The molecular weight excluding hydrogens is 454 g/mol. The fraction of sp³-hybridized carbons (Fsp3) is 0.345. The minimum absolute atomic E-state index is 0.123. The lowest BCUT2D eigenvalue weighted by atomic mass is 9.95. The second kappa shape index (κ2) is 12.7. The monoisotopic (exact) mass is 489 g/mol. The Morgan fingerprint density at radius 3 is 2.36 bits per heavy atom. The first-order valence-corrected chi connectivity index (χ1v) is 12.4. The Kier molecular flexibility index (Phi) is 9.45. The molecule has 0 saturated heterocycles. The maximum atomic E-state index is 13.6. The van der Waals surface area contributed by atoms with E-state index in [-0.39, 0.29) is 17.7 Å². The van der Waals surface area contributed by atoms with E-state index in [1.54, 1.807) is 30.5 Å². The van der Waals surface area contributed by atoms with Gasteiger partial charge in [-0.1, -0.05) is 76.6 Å². The molecule has 2 aliphatic rings. The molecule has 4 unspecified atom stereocenters. The van der Waals surface area contributed by atoms with Crippen molar-refractivity contribution in [2.45, 2.75) is 52.3 Å². The maximum Gasteiger partial charge on any atom is 0.247 e. The summed E-state index contributed by atoms with van der Waals surface area (Å²) in [5, 5.41) is 8.47. The summed E-state index contributed by atoms with van der Waals surface area (Å²) >= 11 is 0. The number of carbonyl (C=O) groups is 3. The van der Waals surface area contributed by atoms with Gasteiger partial charge in [0.05, 0.1) is 0 Å². The summed E-state index contributed by atoms with van der Waals surface area (Å²) in [6.45, 7) is 7.72. The number of nitrogens with one attached hydrogen (secondary N) is 3. The van der Waals surface area contributed by atoms with E-state index in [0.717, 1.165) is 11.1 Å². The van der Waals surface area contributed by atoms with Crippen molar-refractivity contribution in [3.8, 4) is 5.75 Å². The molecule has 2 heterocycles. The highest BCUT2D eigenvalue weighted by atomic mass is 16.5. The van der Waals surface area contributed by atoms with E-state index in [0.29, 0.717) is 12.2 Å². The normalized spacial score (nSPS) is 22.3. The van der Waals surface area contributed by atoms with Gasteiger partial charge in [0.25, 0.3) is 0 Å². The summed E-state index contributed by atoms with van der Waals surface area (Å²) in [6, 6.07) is 14.9. The van der Waals surface area contributed by atoms with Gasteiger partial charge in [-0.15, -0.1) is 0 Å². The first-order chi connectivity index (χ1) is 17.3. The van der Waals surface area contributed by atoms with E-state index in [1.165, 1.54) is 6.08 Å². The van der Waals surface area contributed by atoms with E-state index >= 15 is 0 Å². The Labute approximate surface area is 213 Å². The molecule has 2 aromatic rings. The topological polar surface area (TPSA) is 96.5 Å². The van der Waals surface area contributed by atoms with Crippen LogP contribution in [0.2, 0.25) is 0 Å².